The molecule has 3 rings (SSSR count). The van der Waals surface area contributed by atoms with E-state index in [2.05, 4.69) is 21.0 Å². The molecule has 3 aromatic rings. The summed E-state index contributed by atoms with van der Waals surface area (Å²) in [4.78, 5) is 13.4. The smallest absolute Gasteiger partial charge is 0.141 e. The zero-order valence-electron chi connectivity index (χ0n) is 16.5. The zero-order valence-corrected chi connectivity index (χ0v) is 16.5. The van der Waals surface area contributed by atoms with E-state index >= 15 is 0 Å². The molecule has 0 saturated heterocycles. The van der Waals surface area contributed by atoms with Crippen LogP contribution in [0, 0.1) is 16.7 Å². The number of benzene rings is 1. The number of aromatic nitrogens is 2. The Morgan fingerprint density at radius 2 is 2.10 bits per heavy atom. The van der Waals surface area contributed by atoms with Crippen molar-refractivity contribution in [2.24, 2.45) is 16.1 Å². The van der Waals surface area contributed by atoms with Gasteiger partial charge in [-0.3, -0.25) is 9.98 Å². The molecule has 1 aromatic carbocycles. The molecular weight excluding hydrogens is 362 g/mol. The summed E-state index contributed by atoms with van der Waals surface area (Å²) >= 11 is 0. The van der Waals surface area contributed by atoms with Gasteiger partial charge < -0.3 is 10.8 Å². The summed E-state index contributed by atoms with van der Waals surface area (Å²) in [6, 6.07) is 15.3. The minimum atomic E-state index is -0.314. The molecule has 0 radical (unpaired) electrons. The highest BCUT2D eigenvalue weighted by molar-refractivity contribution is 6.12. The predicted octanol–water partition coefficient (Wildman–Crippen LogP) is 3.56. The number of nitrogens with zero attached hydrogens (tertiary/aromatic N) is 4. The fourth-order valence-corrected chi connectivity index (χ4v) is 2.83. The van der Waals surface area contributed by atoms with Crippen LogP contribution in [0.15, 0.2) is 59.9 Å². The average Bonchev–Trinajstić information content (AvgIpc) is 2.76. The van der Waals surface area contributed by atoms with E-state index in [9.17, 15) is 10.4 Å². The predicted molar refractivity (Wildman–Crippen MR) is 116 cm³/mol. The Hall–Kier alpha value is -3.56. The Morgan fingerprint density at radius 1 is 1.28 bits per heavy atom. The number of hydrogen-bond acceptors (Lipinski definition) is 6. The van der Waals surface area contributed by atoms with Crippen molar-refractivity contribution >= 4 is 22.7 Å². The molecule has 6 nitrogen and oxygen atoms in total. The molecule has 146 valence electrons. The lowest BCUT2D eigenvalue weighted by Crippen LogP contribution is -2.20. The van der Waals surface area contributed by atoms with Gasteiger partial charge in [0, 0.05) is 59.3 Å². The molecule has 0 aliphatic rings. The van der Waals surface area contributed by atoms with Crippen molar-refractivity contribution in [3.8, 4) is 17.3 Å². The number of fused-ring (bicyclic) bond motifs is 1. The zero-order chi connectivity index (χ0) is 20.9. The fraction of sp³-hybridized carbons (Fsp3) is 0.217. The fourth-order valence-electron chi connectivity index (χ4n) is 2.83. The first kappa shape index (κ1) is 20.2. The number of aliphatic imine (C=N–C) groups is 1. The highest BCUT2D eigenvalue weighted by atomic mass is 16.3. The minimum absolute atomic E-state index is 0.0414. The van der Waals surface area contributed by atoms with Crippen molar-refractivity contribution in [3.63, 3.8) is 0 Å². The van der Waals surface area contributed by atoms with Crippen molar-refractivity contribution in [1.82, 2.24) is 9.97 Å². The summed E-state index contributed by atoms with van der Waals surface area (Å²) in [5.74, 6) is 0. The van der Waals surface area contributed by atoms with Gasteiger partial charge in [-0.2, -0.15) is 5.26 Å². The lowest BCUT2D eigenvalue weighted by molar-refractivity contribution is 0.167. The molecule has 6 heteroatoms. The van der Waals surface area contributed by atoms with Crippen molar-refractivity contribution in [3.05, 3.63) is 66.1 Å². The number of rotatable bonds is 6. The van der Waals surface area contributed by atoms with Gasteiger partial charge in [0.15, 0.2) is 0 Å². The van der Waals surface area contributed by atoms with E-state index in [0.29, 0.717) is 23.5 Å². The third-order valence-electron chi connectivity index (χ3n) is 4.56. The van der Waals surface area contributed by atoms with Crippen LogP contribution in [-0.2, 0) is 0 Å². The van der Waals surface area contributed by atoms with Gasteiger partial charge >= 0.3 is 0 Å². The Balaban J connectivity index is 2.07. The van der Waals surface area contributed by atoms with E-state index in [1.165, 1.54) is 6.20 Å². The molecule has 0 aliphatic heterocycles. The number of nitrogens with two attached hydrogens (primary N) is 1. The summed E-state index contributed by atoms with van der Waals surface area (Å²) in [7, 11) is 0. The van der Waals surface area contributed by atoms with E-state index in [1.54, 1.807) is 18.5 Å². The average molecular weight is 385 g/mol. The van der Waals surface area contributed by atoms with Gasteiger partial charge in [-0.1, -0.05) is 32.0 Å². The molecule has 29 heavy (non-hydrogen) atoms. The third-order valence-corrected chi connectivity index (χ3v) is 4.56. The lowest BCUT2D eigenvalue weighted by Gasteiger charge is -2.18. The summed E-state index contributed by atoms with van der Waals surface area (Å²) in [6.45, 7) is 4.37. The minimum Gasteiger partial charge on any atom is -0.404 e. The van der Waals surface area contributed by atoms with Gasteiger partial charge in [-0.05, 0) is 24.3 Å². The lowest BCUT2D eigenvalue weighted by atomic mass is 9.95. The summed E-state index contributed by atoms with van der Waals surface area (Å²) in [5.41, 5.74) is 9.67. The van der Waals surface area contributed by atoms with E-state index in [4.69, 9.17) is 5.73 Å². The second-order valence-corrected chi connectivity index (χ2v) is 7.53. The van der Waals surface area contributed by atoms with Crippen LogP contribution in [0.25, 0.3) is 27.7 Å². The SMILES string of the molecule is CC(C)(CO)CN=C/C(=C\N)c1ccc(C#N)nc1-c1ccc2cccnc2c1. The van der Waals surface area contributed by atoms with Gasteiger partial charge in [-0.25, -0.2) is 4.98 Å². The van der Waals surface area contributed by atoms with Crippen LogP contribution in [-0.4, -0.2) is 34.4 Å². The largest absolute Gasteiger partial charge is 0.404 e. The van der Waals surface area contributed by atoms with Gasteiger partial charge in [0.05, 0.1) is 11.2 Å². The van der Waals surface area contributed by atoms with Gasteiger partial charge in [0.2, 0.25) is 0 Å². The van der Waals surface area contributed by atoms with Gasteiger partial charge in [0.25, 0.3) is 0 Å². The number of allylic oxidation sites excluding steroid dienone is 1. The van der Waals surface area contributed by atoms with Crippen LogP contribution in [0.5, 0.6) is 0 Å². The first-order chi connectivity index (χ1) is 14.0. The second-order valence-electron chi connectivity index (χ2n) is 7.53. The quantitative estimate of drug-likeness (QED) is 0.631. The van der Waals surface area contributed by atoms with Crippen LogP contribution in [0.1, 0.15) is 25.1 Å². The maximum atomic E-state index is 9.41. The number of hydrogen-bond donors (Lipinski definition) is 2. The Labute approximate surface area is 170 Å². The number of pyridine rings is 2. The number of aliphatic hydroxyl groups is 1. The number of nitriles is 1. The van der Waals surface area contributed by atoms with E-state index in [-0.39, 0.29) is 12.0 Å². The van der Waals surface area contributed by atoms with Crippen molar-refractivity contribution in [2.75, 3.05) is 13.2 Å². The molecule has 0 bridgehead atoms. The van der Waals surface area contributed by atoms with Crippen LogP contribution in [0.4, 0.5) is 0 Å². The maximum absolute atomic E-state index is 9.41. The van der Waals surface area contributed by atoms with Crippen molar-refractivity contribution in [1.29, 1.82) is 5.26 Å². The van der Waals surface area contributed by atoms with E-state index in [1.807, 2.05) is 50.2 Å². The second kappa shape index (κ2) is 8.63. The molecule has 2 heterocycles. The topological polar surface area (TPSA) is 108 Å². The standard InChI is InChI=1S/C23H23N5O/c1-23(2,15-29)14-26-13-18(11-24)20-8-7-19(12-25)28-22(20)17-6-5-16-4-3-9-27-21(16)10-17/h3-11,13,29H,14-15,24H2,1-2H3/b18-11+,26-13?. The van der Waals surface area contributed by atoms with Crippen LogP contribution < -0.4 is 5.73 Å². The Bertz CT molecular complexity index is 1130. The molecule has 0 spiro atoms. The summed E-state index contributed by atoms with van der Waals surface area (Å²) < 4.78 is 0. The molecule has 0 amide bonds. The third kappa shape index (κ3) is 4.65. The molecular formula is C23H23N5O. The van der Waals surface area contributed by atoms with Crippen LogP contribution in [0.3, 0.4) is 0 Å². The Kier molecular flexibility index (Phi) is 6.01. The molecule has 0 saturated carbocycles. The summed E-state index contributed by atoms with van der Waals surface area (Å²) in [5, 5.41) is 19.7. The molecule has 0 aliphatic carbocycles. The van der Waals surface area contributed by atoms with Gasteiger partial charge in [-0.15, -0.1) is 0 Å². The molecule has 2 aromatic heterocycles. The highest BCUT2D eigenvalue weighted by Crippen LogP contribution is 2.29. The van der Waals surface area contributed by atoms with Crippen LogP contribution in [0.2, 0.25) is 0 Å². The molecule has 3 N–H and O–H groups in total. The summed E-state index contributed by atoms with van der Waals surface area (Å²) in [6.07, 6.45) is 4.90. The van der Waals surface area contributed by atoms with E-state index < -0.39 is 0 Å². The van der Waals surface area contributed by atoms with Gasteiger partial charge in [0.1, 0.15) is 11.8 Å². The first-order valence-electron chi connectivity index (χ1n) is 9.27. The molecule has 0 unspecified atom stereocenters. The van der Waals surface area contributed by atoms with Crippen molar-refractivity contribution < 1.29 is 5.11 Å². The monoisotopic (exact) mass is 385 g/mol. The van der Waals surface area contributed by atoms with E-state index in [0.717, 1.165) is 22.0 Å². The van der Waals surface area contributed by atoms with Crippen molar-refractivity contribution in [2.45, 2.75) is 13.8 Å². The van der Waals surface area contributed by atoms with Crippen LogP contribution >= 0.6 is 0 Å². The molecule has 0 atom stereocenters. The number of aliphatic hydroxyl groups excluding tert-OH is 1. The highest BCUT2D eigenvalue weighted by Gasteiger charge is 2.16. The Morgan fingerprint density at radius 3 is 2.83 bits per heavy atom. The maximum Gasteiger partial charge on any atom is 0.141 e. The first-order valence-corrected chi connectivity index (χ1v) is 9.27. The molecule has 0 fully saturated rings. The normalized spacial score (nSPS) is 12.4.